The van der Waals surface area contributed by atoms with E-state index in [-0.39, 0.29) is 12.0 Å². The number of hydrogen-bond acceptors (Lipinski definition) is 4. The number of nitrogens with zero attached hydrogens (tertiary/aromatic N) is 1. The van der Waals surface area contributed by atoms with Gasteiger partial charge in [0, 0.05) is 18.7 Å². The minimum atomic E-state index is -0.726. The van der Waals surface area contributed by atoms with E-state index in [0.29, 0.717) is 25.4 Å². The van der Waals surface area contributed by atoms with E-state index in [1.54, 1.807) is 0 Å². The minimum Gasteiger partial charge on any atom is -0.481 e. The first kappa shape index (κ1) is 16.7. The van der Waals surface area contributed by atoms with Crippen molar-refractivity contribution in [3.05, 3.63) is 0 Å². The molecule has 0 saturated carbocycles. The third-order valence-corrected chi connectivity index (χ3v) is 4.69. The summed E-state index contributed by atoms with van der Waals surface area (Å²) in [6.07, 6.45) is 5.63. The Hall–Kier alpha value is -0.650. The van der Waals surface area contributed by atoms with Gasteiger partial charge in [-0.05, 0) is 32.2 Å². The van der Waals surface area contributed by atoms with Crippen LogP contribution < -0.4 is 0 Å². The number of hydrogen-bond donors (Lipinski definition) is 1. The second-order valence-electron chi connectivity index (χ2n) is 6.25. The molecule has 4 atom stereocenters. The van der Waals surface area contributed by atoms with Gasteiger partial charge in [0.2, 0.25) is 0 Å². The predicted octanol–water partition coefficient (Wildman–Crippen LogP) is 2.15. The molecule has 2 aliphatic rings. The quantitative estimate of drug-likeness (QED) is 0.780. The van der Waals surface area contributed by atoms with Crippen LogP contribution in [0, 0.1) is 5.92 Å². The lowest BCUT2D eigenvalue weighted by Gasteiger charge is -2.41. The van der Waals surface area contributed by atoms with Gasteiger partial charge in [-0.1, -0.05) is 20.3 Å². The van der Waals surface area contributed by atoms with Crippen LogP contribution in [0.4, 0.5) is 0 Å². The first-order valence-electron chi connectivity index (χ1n) is 8.35. The topological polar surface area (TPSA) is 59.0 Å². The summed E-state index contributed by atoms with van der Waals surface area (Å²) < 4.78 is 11.3. The van der Waals surface area contributed by atoms with Gasteiger partial charge in [0.15, 0.2) is 0 Å². The standard InChI is InChI=1S/C16H29NO4/c1-3-5-13-9-12(6-8-21-13)17(7-4-2)15-11-20-10-14(15)16(18)19/h12-15H,3-11H2,1-2H3,(H,18,19). The molecule has 2 rings (SSSR count). The molecular weight excluding hydrogens is 270 g/mol. The summed E-state index contributed by atoms with van der Waals surface area (Å²) in [4.78, 5) is 13.8. The van der Waals surface area contributed by atoms with E-state index in [0.717, 1.165) is 45.3 Å². The van der Waals surface area contributed by atoms with Gasteiger partial charge in [-0.25, -0.2) is 0 Å². The number of ether oxygens (including phenoxy) is 2. The zero-order chi connectivity index (χ0) is 15.2. The molecule has 122 valence electrons. The van der Waals surface area contributed by atoms with E-state index >= 15 is 0 Å². The molecular formula is C16H29NO4. The lowest BCUT2D eigenvalue weighted by molar-refractivity contribution is -0.144. The van der Waals surface area contributed by atoms with Gasteiger partial charge in [-0.15, -0.1) is 0 Å². The van der Waals surface area contributed by atoms with Crippen molar-refractivity contribution in [2.24, 2.45) is 5.92 Å². The monoisotopic (exact) mass is 299 g/mol. The normalized spacial score (nSPS) is 33.5. The summed E-state index contributed by atoms with van der Waals surface area (Å²) in [6.45, 7) is 6.97. The third kappa shape index (κ3) is 4.18. The molecule has 0 spiro atoms. The summed E-state index contributed by atoms with van der Waals surface area (Å²) in [7, 11) is 0. The van der Waals surface area contributed by atoms with Gasteiger partial charge >= 0.3 is 5.97 Å². The van der Waals surface area contributed by atoms with Crippen LogP contribution in [0.15, 0.2) is 0 Å². The maximum absolute atomic E-state index is 11.4. The van der Waals surface area contributed by atoms with E-state index in [1.165, 1.54) is 0 Å². The fraction of sp³-hybridized carbons (Fsp3) is 0.938. The number of carbonyl (C=O) groups is 1. The van der Waals surface area contributed by atoms with E-state index in [1.807, 2.05) is 0 Å². The molecule has 0 radical (unpaired) electrons. The van der Waals surface area contributed by atoms with Crippen LogP contribution >= 0.6 is 0 Å². The molecule has 0 amide bonds. The van der Waals surface area contributed by atoms with Gasteiger partial charge in [0.1, 0.15) is 0 Å². The Labute approximate surface area is 127 Å². The van der Waals surface area contributed by atoms with Crippen molar-refractivity contribution in [2.45, 2.75) is 64.1 Å². The fourth-order valence-corrected chi connectivity index (χ4v) is 3.67. The van der Waals surface area contributed by atoms with Crippen LogP contribution in [-0.2, 0) is 14.3 Å². The van der Waals surface area contributed by atoms with Crippen LogP contribution in [0.2, 0.25) is 0 Å². The molecule has 0 bridgehead atoms. The predicted molar refractivity (Wildman–Crippen MR) is 80.4 cm³/mol. The molecule has 0 aromatic carbocycles. The highest BCUT2D eigenvalue weighted by Crippen LogP contribution is 2.29. The third-order valence-electron chi connectivity index (χ3n) is 4.69. The molecule has 21 heavy (non-hydrogen) atoms. The molecule has 1 N–H and O–H groups in total. The zero-order valence-corrected chi connectivity index (χ0v) is 13.3. The zero-order valence-electron chi connectivity index (χ0n) is 13.3. The van der Waals surface area contributed by atoms with Crippen molar-refractivity contribution in [3.63, 3.8) is 0 Å². The Morgan fingerprint density at radius 3 is 2.76 bits per heavy atom. The van der Waals surface area contributed by atoms with Crippen molar-refractivity contribution in [1.29, 1.82) is 0 Å². The molecule has 0 aromatic rings. The number of aliphatic carboxylic acids is 1. The SMILES string of the molecule is CCCC1CC(N(CCC)C2COCC2C(=O)O)CCO1. The highest BCUT2D eigenvalue weighted by Gasteiger charge is 2.41. The maximum atomic E-state index is 11.4. The van der Waals surface area contributed by atoms with Gasteiger partial charge in [-0.2, -0.15) is 0 Å². The molecule has 2 saturated heterocycles. The Bertz CT molecular complexity index is 334. The van der Waals surface area contributed by atoms with E-state index in [4.69, 9.17) is 9.47 Å². The summed E-state index contributed by atoms with van der Waals surface area (Å²) in [5.74, 6) is -1.11. The Balaban J connectivity index is 2.05. The van der Waals surface area contributed by atoms with E-state index < -0.39 is 5.97 Å². The molecule has 2 heterocycles. The summed E-state index contributed by atoms with van der Waals surface area (Å²) in [5.41, 5.74) is 0. The van der Waals surface area contributed by atoms with Crippen molar-refractivity contribution >= 4 is 5.97 Å². The lowest BCUT2D eigenvalue weighted by Crippen LogP contribution is -2.51. The molecule has 0 aliphatic carbocycles. The largest absolute Gasteiger partial charge is 0.481 e. The first-order chi connectivity index (χ1) is 10.2. The maximum Gasteiger partial charge on any atom is 0.310 e. The summed E-state index contributed by atoms with van der Waals surface area (Å²) >= 11 is 0. The Kier molecular flexibility index (Phi) is 6.45. The van der Waals surface area contributed by atoms with Gasteiger partial charge in [0.25, 0.3) is 0 Å². The van der Waals surface area contributed by atoms with Gasteiger partial charge in [-0.3, -0.25) is 9.69 Å². The second-order valence-corrected chi connectivity index (χ2v) is 6.25. The minimum absolute atomic E-state index is 0.0211. The van der Waals surface area contributed by atoms with Crippen molar-refractivity contribution in [2.75, 3.05) is 26.4 Å². The fourth-order valence-electron chi connectivity index (χ4n) is 3.67. The lowest BCUT2D eigenvalue weighted by atomic mass is 9.94. The van der Waals surface area contributed by atoms with Crippen LogP contribution in [0.3, 0.4) is 0 Å². The number of rotatable bonds is 7. The molecule has 0 aromatic heterocycles. The smallest absolute Gasteiger partial charge is 0.310 e. The van der Waals surface area contributed by atoms with Crippen molar-refractivity contribution in [3.8, 4) is 0 Å². The van der Waals surface area contributed by atoms with E-state index in [9.17, 15) is 9.90 Å². The summed E-state index contributed by atoms with van der Waals surface area (Å²) in [6, 6.07) is 0.455. The molecule has 5 nitrogen and oxygen atoms in total. The highest BCUT2D eigenvalue weighted by molar-refractivity contribution is 5.71. The first-order valence-corrected chi connectivity index (χ1v) is 8.35. The van der Waals surface area contributed by atoms with E-state index in [2.05, 4.69) is 18.7 Å². The molecule has 5 heteroatoms. The molecule has 4 unspecified atom stereocenters. The van der Waals surface area contributed by atoms with Crippen molar-refractivity contribution in [1.82, 2.24) is 4.90 Å². The molecule has 2 aliphatic heterocycles. The number of carboxylic acids is 1. The van der Waals surface area contributed by atoms with Crippen molar-refractivity contribution < 1.29 is 19.4 Å². The molecule has 2 fully saturated rings. The second kappa shape index (κ2) is 8.11. The summed E-state index contributed by atoms with van der Waals surface area (Å²) in [5, 5.41) is 9.40. The Morgan fingerprint density at radius 2 is 2.10 bits per heavy atom. The average Bonchev–Trinajstić information content (AvgIpc) is 2.94. The Morgan fingerprint density at radius 1 is 1.29 bits per heavy atom. The highest BCUT2D eigenvalue weighted by atomic mass is 16.5. The average molecular weight is 299 g/mol. The van der Waals surface area contributed by atoms with Crippen LogP contribution in [-0.4, -0.2) is 60.5 Å². The number of carboxylic acid groups (broad SMARTS) is 1. The van der Waals surface area contributed by atoms with Gasteiger partial charge < -0.3 is 14.6 Å². The van der Waals surface area contributed by atoms with Crippen LogP contribution in [0.5, 0.6) is 0 Å². The van der Waals surface area contributed by atoms with Crippen LogP contribution in [0.25, 0.3) is 0 Å². The van der Waals surface area contributed by atoms with Gasteiger partial charge in [0.05, 0.1) is 25.2 Å². The van der Waals surface area contributed by atoms with Crippen LogP contribution in [0.1, 0.15) is 46.0 Å².